The SMILES string of the molecule is CCN1CCN(c2ncnc3c2ncn3-c2ccc(Cl)cc2)CC1. The van der Waals surface area contributed by atoms with Gasteiger partial charge in [0.2, 0.25) is 0 Å². The fourth-order valence-corrected chi connectivity index (χ4v) is 3.25. The van der Waals surface area contributed by atoms with E-state index in [1.165, 1.54) is 0 Å². The molecule has 4 rings (SSSR count). The van der Waals surface area contributed by atoms with E-state index in [0.717, 1.165) is 55.4 Å². The predicted molar refractivity (Wildman–Crippen MR) is 96.0 cm³/mol. The van der Waals surface area contributed by atoms with E-state index in [2.05, 4.69) is 31.7 Å². The van der Waals surface area contributed by atoms with E-state index in [1.54, 1.807) is 12.7 Å². The fraction of sp³-hybridized carbons (Fsp3) is 0.353. The second-order valence-corrected chi connectivity index (χ2v) is 6.32. The van der Waals surface area contributed by atoms with Crippen LogP contribution in [0.1, 0.15) is 6.92 Å². The van der Waals surface area contributed by atoms with Crippen LogP contribution >= 0.6 is 11.6 Å². The molecule has 0 radical (unpaired) electrons. The third-order valence-electron chi connectivity index (χ3n) is 4.54. The minimum absolute atomic E-state index is 0.715. The van der Waals surface area contributed by atoms with Crippen molar-refractivity contribution in [2.24, 2.45) is 0 Å². The Hall–Kier alpha value is -2.18. The van der Waals surface area contributed by atoms with Crippen molar-refractivity contribution in [3.05, 3.63) is 41.9 Å². The molecule has 1 fully saturated rings. The first-order chi connectivity index (χ1) is 11.8. The van der Waals surface area contributed by atoms with Crippen LogP contribution in [0.2, 0.25) is 5.02 Å². The number of hydrogen-bond donors (Lipinski definition) is 0. The van der Waals surface area contributed by atoms with Gasteiger partial charge in [0.05, 0.1) is 0 Å². The highest BCUT2D eigenvalue weighted by atomic mass is 35.5. The van der Waals surface area contributed by atoms with Crippen molar-refractivity contribution < 1.29 is 0 Å². The van der Waals surface area contributed by atoms with Gasteiger partial charge in [0, 0.05) is 36.9 Å². The zero-order valence-corrected chi connectivity index (χ0v) is 14.3. The van der Waals surface area contributed by atoms with Crippen LogP contribution in [0.4, 0.5) is 5.82 Å². The Morgan fingerprint density at radius 2 is 1.75 bits per heavy atom. The minimum atomic E-state index is 0.715. The van der Waals surface area contributed by atoms with E-state index >= 15 is 0 Å². The van der Waals surface area contributed by atoms with Crippen LogP contribution in [-0.2, 0) is 0 Å². The number of nitrogens with zero attached hydrogens (tertiary/aromatic N) is 6. The first-order valence-electron chi connectivity index (χ1n) is 8.17. The van der Waals surface area contributed by atoms with Gasteiger partial charge in [-0.2, -0.15) is 0 Å². The Labute approximate surface area is 145 Å². The normalized spacial score (nSPS) is 16.0. The van der Waals surface area contributed by atoms with Gasteiger partial charge in [-0.15, -0.1) is 0 Å². The third kappa shape index (κ3) is 2.72. The van der Waals surface area contributed by atoms with E-state index in [4.69, 9.17) is 11.6 Å². The molecule has 3 aromatic rings. The summed E-state index contributed by atoms with van der Waals surface area (Å²) in [7, 11) is 0. The van der Waals surface area contributed by atoms with E-state index in [9.17, 15) is 0 Å². The summed E-state index contributed by atoms with van der Waals surface area (Å²) in [5.41, 5.74) is 2.65. The quantitative estimate of drug-likeness (QED) is 0.732. The van der Waals surface area contributed by atoms with Crippen LogP contribution in [0.25, 0.3) is 16.9 Å². The summed E-state index contributed by atoms with van der Waals surface area (Å²) in [6.45, 7) is 7.34. The number of halogens is 1. The highest BCUT2D eigenvalue weighted by Gasteiger charge is 2.21. The Morgan fingerprint density at radius 3 is 2.46 bits per heavy atom. The monoisotopic (exact) mass is 342 g/mol. The molecule has 3 heterocycles. The maximum absolute atomic E-state index is 5.98. The molecule has 0 atom stereocenters. The molecule has 0 unspecified atom stereocenters. The van der Waals surface area contributed by atoms with Gasteiger partial charge in [-0.1, -0.05) is 18.5 Å². The largest absolute Gasteiger partial charge is 0.352 e. The number of fused-ring (bicyclic) bond motifs is 1. The molecule has 1 saturated heterocycles. The average Bonchev–Trinajstić information content (AvgIpc) is 3.07. The molecule has 0 bridgehead atoms. The van der Waals surface area contributed by atoms with Gasteiger partial charge in [0.15, 0.2) is 17.0 Å². The molecule has 2 aromatic heterocycles. The summed E-state index contributed by atoms with van der Waals surface area (Å²) >= 11 is 5.98. The second-order valence-electron chi connectivity index (χ2n) is 5.88. The topological polar surface area (TPSA) is 50.1 Å². The van der Waals surface area contributed by atoms with Gasteiger partial charge in [-0.05, 0) is 30.8 Å². The zero-order valence-electron chi connectivity index (χ0n) is 13.6. The average molecular weight is 343 g/mol. The molecule has 0 amide bonds. The lowest BCUT2D eigenvalue weighted by Gasteiger charge is -2.34. The first kappa shape index (κ1) is 15.4. The highest BCUT2D eigenvalue weighted by molar-refractivity contribution is 6.30. The smallest absolute Gasteiger partial charge is 0.170 e. The van der Waals surface area contributed by atoms with Crippen LogP contribution in [0.3, 0.4) is 0 Å². The molecule has 6 nitrogen and oxygen atoms in total. The molecule has 1 aliphatic heterocycles. The summed E-state index contributed by atoms with van der Waals surface area (Å²) in [4.78, 5) is 18.3. The summed E-state index contributed by atoms with van der Waals surface area (Å²) < 4.78 is 1.97. The lowest BCUT2D eigenvalue weighted by Crippen LogP contribution is -2.46. The molecule has 0 N–H and O–H groups in total. The van der Waals surface area contributed by atoms with Crippen molar-refractivity contribution in [1.82, 2.24) is 24.4 Å². The van der Waals surface area contributed by atoms with Crippen LogP contribution in [0, 0.1) is 0 Å². The lowest BCUT2D eigenvalue weighted by atomic mass is 10.3. The standard InChI is InChI=1S/C17H19ClN6/c1-2-22-7-9-23(10-8-22)16-15-17(20-11-19-16)24(12-21-15)14-5-3-13(18)4-6-14/h3-6,11-12H,2,7-10H2,1H3. The van der Waals surface area contributed by atoms with E-state index in [-0.39, 0.29) is 0 Å². The van der Waals surface area contributed by atoms with E-state index < -0.39 is 0 Å². The molecule has 1 aliphatic rings. The Bertz CT molecular complexity index is 836. The minimum Gasteiger partial charge on any atom is -0.352 e. The molecule has 0 aliphatic carbocycles. The molecule has 1 aromatic carbocycles. The molecule has 24 heavy (non-hydrogen) atoms. The van der Waals surface area contributed by atoms with E-state index in [1.807, 2.05) is 28.8 Å². The summed E-state index contributed by atoms with van der Waals surface area (Å²) in [6.07, 6.45) is 3.42. The van der Waals surface area contributed by atoms with Crippen molar-refractivity contribution in [2.75, 3.05) is 37.6 Å². The van der Waals surface area contributed by atoms with E-state index in [0.29, 0.717) is 5.02 Å². The van der Waals surface area contributed by atoms with Crippen molar-refractivity contribution >= 4 is 28.6 Å². The maximum Gasteiger partial charge on any atom is 0.170 e. The summed E-state index contributed by atoms with van der Waals surface area (Å²) in [5.74, 6) is 0.920. The molecule has 7 heteroatoms. The number of imidazole rings is 1. The molecular weight excluding hydrogens is 324 g/mol. The van der Waals surface area contributed by atoms with Gasteiger partial charge in [-0.3, -0.25) is 4.57 Å². The van der Waals surface area contributed by atoms with Gasteiger partial charge in [-0.25, -0.2) is 15.0 Å². The number of piperazine rings is 1. The number of benzene rings is 1. The molecule has 124 valence electrons. The Morgan fingerprint density at radius 1 is 1.00 bits per heavy atom. The van der Waals surface area contributed by atoms with Crippen LogP contribution in [0.15, 0.2) is 36.9 Å². The number of rotatable bonds is 3. The van der Waals surface area contributed by atoms with Crippen molar-refractivity contribution in [1.29, 1.82) is 0 Å². The molecular formula is C17H19ClN6. The van der Waals surface area contributed by atoms with Gasteiger partial charge >= 0.3 is 0 Å². The number of hydrogen-bond acceptors (Lipinski definition) is 5. The van der Waals surface area contributed by atoms with Crippen molar-refractivity contribution in [3.8, 4) is 5.69 Å². The van der Waals surface area contributed by atoms with Crippen molar-refractivity contribution in [2.45, 2.75) is 6.92 Å². The predicted octanol–water partition coefficient (Wildman–Crippen LogP) is 2.61. The maximum atomic E-state index is 5.98. The summed E-state index contributed by atoms with van der Waals surface area (Å²) in [6, 6.07) is 7.67. The van der Waals surface area contributed by atoms with Gasteiger partial charge < -0.3 is 9.80 Å². The summed E-state index contributed by atoms with van der Waals surface area (Å²) in [5, 5.41) is 0.715. The second kappa shape index (κ2) is 6.37. The number of likely N-dealkylation sites (N-methyl/N-ethyl adjacent to an activating group) is 1. The zero-order chi connectivity index (χ0) is 16.5. The lowest BCUT2D eigenvalue weighted by molar-refractivity contribution is 0.270. The Balaban J connectivity index is 1.70. The van der Waals surface area contributed by atoms with Crippen LogP contribution in [-0.4, -0.2) is 57.1 Å². The van der Waals surface area contributed by atoms with Crippen LogP contribution in [0.5, 0.6) is 0 Å². The van der Waals surface area contributed by atoms with Crippen molar-refractivity contribution in [3.63, 3.8) is 0 Å². The van der Waals surface area contributed by atoms with Gasteiger partial charge in [0.1, 0.15) is 12.7 Å². The first-order valence-corrected chi connectivity index (χ1v) is 8.55. The number of anilines is 1. The molecule has 0 saturated carbocycles. The molecule has 0 spiro atoms. The Kier molecular flexibility index (Phi) is 4.08. The van der Waals surface area contributed by atoms with Gasteiger partial charge in [0.25, 0.3) is 0 Å². The highest BCUT2D eigenvalue weighted by Crippen LogP contribution is 2.25. The number of aromatic nitrogens is 4. The fourth-order valence-electron chi connectivity index (χ4n) is 3.12. The van der Waals surface area contributed by atoms with Crippen LogP contribution < -0.4 is 4.90 Å². The third-order valence-corrected chi connectivity index (χ3v) is 4.79.